The second-order valence-electron chi connectivity index (χ2n) is 6.18. The van der Waals surface area contributed by atoms with Gasteiger partial charge in [-0.2, -0.15) is 0 Å². The summed E-state index contributed by atoms with van der Waals surface area (Å²) in [5, 5.41) is 9.68. The molecule has 0 spiro atoms. The van der Waals surface area contributed by atoms with Crippen LogP contribution in [0.15, 0.2) is 60.3 Å². The minimum absolute atomic E-state index is 0.186. The fraction of sp³-hybridized carbons (Fsp3) is 0.150. The van der Waals surface area contributed by atoms with Crippen molar-refractivity contribution in [2.24, 2.45) is 7.05 Å². The van der Waals surface area contributed by atoms with Gasteiger partial charge in [-0.05, 0) is 36.8 Å². The number of nitrogens with one attached hydrogen (secondary N) is 2. The summed E-state index contributed by atoms with van der Waals surface area (Å²) in [6.45, 7) is 5.95. The van der Waals surface area contributed by atoms with Crippen LogP contribution in [0, 0.1) is 6.92 Å². The van der Waals surface area contributed by atoms with Crippen molar-refractivity contribution < 1.29 is 4.79 Å². The van der Waals surface area contributed by atoms with E-state index < -0.39 is 0 Å². The number of hydrazine groups is 1. The lowest BCUT2D eigenvalue weighted by Crippen LogP contribution is -2.37. The van der Waals surface area contributed by atoms with Crippen molar-refractivity contribution in [3.63, 3.8) is 0 Å². The van der Waals surface area contributed by atoms with E-state index in [4.69, 9.17) is 11.6 Å². The Balaban J connectivity index is 1.53. The van der Waals surface area contributed by atoms with Crippen molar-refractivity contribution in [1.29, 1.82) is 0 Å². The molecule has 144 valence electrons. The molecule has 0 aliphatic heterocycles. The summed E-state index contributed by atoms with van der Waals surface area (Å²) in [4.78, 5) is 12.1. The number of thioether (sulfide) groups is 1. The maximum absolute atomic E-state index is 12.1. The Morgan fingerprint density at radius 2 is 1.79 bits per heavy atom. The zero-order chi connectivity index (χ0) is 20.1. The molecule has 0 atom stereocenters. The maximum atomic E-state index is 12.1. The molecule has 2 N–H and O–H groups in total. The number of hydrogen-bond donors (Lipinski definition) is 2. The highest BCUT2D eigenvalue weighted by Gasteiger charge is 2.13. The van der Waals surface area contributed by atoms with Crippen LogP contribution in [-0.4, -0.2) is 26.4 Å². The number of rotatable bonds is 7. The van der Waals surface area contributed by atoms with Gasteiger partial charge in [0.05, 0.1) is 11.4 Å². The molecule has 1 aromatic heterocycles. The smallest absolute Gasteiger partial charge is 0.248 e. The van der Waals surface area contributed by atoms with E-state index in [1.807, 2.05) is 54.9 Å². The van der Waals surface area contributed by atoms with E-state index in [1.165, 1.54) is 17.3 Å². The molecule has 0 bridgehead atoms. The molecule has 3 aromatic rings. The average Bonchev–Trinajstić information content (AvgIpc) is 3.06. The van der Waals surface area contributed by atoms with Gasteiger partial charge < -0.3 is 4.57 Å². The monoisotopic (exact) mass is 413 g/mol. The predicted molar refractivity (Wildman–Crippen MR) is 114 cm³/mol. The van der Waals surface area contributed by atoms with Crippen LogP contribution >= 0.6 is 23.4 Å². The molecular weight excluding hydrogens is 394 g/mol. The normalized spacial score (nSPS) is 10.5. The summed E-state index contributed by atoms with van der Waals surface area (Å²) in [7, 11) is 1.86. The minimum Gasteiger partial charge on any atom is -0.305 e. The van der Waals surface area contributed by atoms with Crippen LogP contribution in [0.5, 0.6) is 0 Å². The van der Waals surface area contributed by atoms with Gasteiger partial charge >= 0.3 is 0 Å². The second-order valence-corrected chi connectivity index (χ2v) is 7.56. The number of carbonyl (C=O) groups excluding carboxylic acids is 1. The first-order chi connectivity index (χ1) is 13.4. The van der Waals surface area contributed by atoms with Gasteiger partial charge in [0.15, 0.2) is 11.0 Å². The van der Waals surface area contributed by atoms with Gasteiger partial charge in [0.2, 0.25) is 5.91 Å². The SMILES string of the molecule is C=C(NNC(=O)CSc1nnc(-c2ccc(Cl)cc2)n1C)c1ccc(C)cc1. The summed E-state index contributed by atoms with van der Waals surface area (Å²) in [5.74, 6) is 0.723. The molecule has 28 heavy (non-hydrogen) atoms. The largest absolute Gasteiger partial charge is 0.305 e. The van der Waals surface area contributed by atoms with Gasteiger partial charge in [-0.25, -0.2) is 0 Å². The number of carbonyl (C=O) groups is 1. The van der Waals surface area contributed by atoms with Gasteiger partial charge in [0.25, 0.3) is 0 Å². The average molecular weight is 414 g/mol. The van der Waals surface area contributed by atoms with Gasteiger partial charge in [0, 0.05) is 17.6 Å². The van der Waals surface area contributed by atoms with Crippen molar-refractivity contribution >= 4 is 35.0 Å². The summed E-state index contributed by atoms with van der Waals surface area (Å²) in [5.41, 5.74) is 9.11. The highest BCUT2D eigenvalue weighted by molar-refractivity contribution is 7.99. The zero-order valence-electron chi connectivity index (χ0n) is 15.6. The van der Waals surface area contributed by atoms with Crippen LogP contribution in [0.2, 0.25) is 5.02 Å². The maximum Gasteiger partial charge on any atom is 0.248 e. The predicted octanol–water partition coefficient (Wildman–Crippen LogP) is 3.83. The lowest BCUT2D eigenvalue weighted by Gasteiger charge is -2.11. The lowest BCUT2D eigenvalue weighted by molar-refractivity contribution is -0.119. The van der Waals surface area contributed by atoms with Gasteiger partial charge in [-0.3, -0.25) is 15.6 Å². The fourth-order valence-electron chi connectivity index (χ4n) is 2.43. The Labute approximate surface area is 173 Å². The standard InChI is InChI=1S/C20H20ClN5OS/c1-13-4-6-15(7-5-13)14(2)22-23-18(27)12-28-20-25-24-19(26(20)3)16-8-10-17(21)11-9-16/h4-11,22H,2,12H2,1,3H3,(H,23,27). The zero-order valence-corrected chi connectivity index (χ0v) is 17.1. The Morgan fingerprint density at radius 1 is 1.11 bits per heavy atom. The first-order valence-corrected chi connectivity index (χ1v) is 9.89. The molecule has 0 fully saturated rings. The Bertz CT molecular complexity index is 983. The summed E-state index contributed by atoms with van der Waals surface area (Å²) < 4.78 is 1.85. The van der Waals surface area contributed by atoms with Crippen LogP contribution in [0.4, 0.5) is 0 Å². The molecule has 3 rings (SSSR count). The Kier molecular flexibility index (Phi) is 6.38. The van der Waals surface area contributed by atoms with Gasteiger partial charge in [0.1, 0.15) is 0 Å². The molecule has 0 aliphatic carbocycles. The van der Waals surface area contributed by atoms with Crippen molar-refractivity contribution in [2.45, 2.75) is 12.1 Å². The third kappa shape index (κ3) is 4.94. The van der Waals surface area contributed by atoms with E-state index in [1.54, 1.807) is 12.1 Å². The van der Waals surface area contributed by atoms with Crippen molar-refractivity contribution in [1.82, 2.24) is 25.6 Å². The number of aromatic nitrogens is 3. The van der Waals surface area contributed by atoms with E-state index in [9.17, 15) is 4.79 Å². The van der Waals surface area contributed by atoms with Crippen LogP contribution < -0.4 is 10.9 Å². The van der Waals surface area contributed by atoms with Crippen LogP contribution in [0.25, 0.3) is 17.1 Å². The minimum atomic E-state index is -0.186. The topological polar surface area (TPSA) is 71.8 Å². The highest BCUT2D eigenvalue weighted by Crippen LogP contribution is 2.23. The van der Waals surface area contributed by atoms with Crippen LogP contribution in [-0.2, 0) is 11.8 Å². The van der Waals surface area contributed by atoms with Crippen molar-refractivity contribution in [2.75, 3.05) is 5.75 Å². The number of nitrogens with zero attached hydrogens (tertiary/aromatic N) is 3. The van der Waals surface area contributed by atoms with Crippen molar-refractivity contribution in [3.05, 3.63) is 71.3 Å². The Hall–Kier alpha value is -2.77. The first-order valence-electron chi connectivity index (χ1n) is 8.53. The number of halogens is 1. The number of hydrogen-bond acceptors (Lipinski definition) is 5. The number of benzene rings is 2. The third-order valence-electron chi connectivity index (χ3n) is 4.02. The quantitative estimate of drug-likeness (QED) is 0.455. The highest BCUT2D eigenvalue weighted by atomic mass is 35.5. The molecule has 8 heteroatoms. The van der Waals surface area contributed by atoms with E-state index >= 15 is 0 Å². The van der Waals surface area contributed by atoms with E-state index in [0.29, 0.717) is 21.7 Å². The molecule has 0 aliphatic rings. The fourth-order valence-corrected chi connectivity index (χ4v) is 3.27. The van der Waals surface area contributed by atoms with E-state index in [0.717, 1.165) is 11.1 Å². The molecule has 0 radical (unpaired) electrons. The molecule has 0 saturated heterocycles. The van der Waals surface area contributed by atoms with E-state index in [-0.39, 0.29) is 11.7 Å². The lowest BCUT2D eigenvalue weighted by atomic mass is 10.1. The molecule has 1 heterocycles. The molecule has 2 aromatic carbocycles. The second kappa shape index (κ2) is 8.95. The molecule has 0 unspecified atom stereocenters. The molecular formula is C20H20ClN5OS. The summed E-state index contributed by atoms with van der Waals surface area (Å²) in [6.07, 6.45) is 0. The Morgan fingerprint density at radius 3 is 2.46 bits per heavy atom. The third-order valence-corrected chi connectivity index (χ3v) is 5.29. The van der Waals surface area contributed by atoms with Crippen LogP contribution in [0.3, 0.4) is 0 Å². The van der Waals surface area contributed by atoms with Crippen molar-refractivity contribution in [3.8, 4) is 11.4 Å². The molecule has 0 saturated carbocycles. The number of aryl methyl sites for hydroxylation is 1. The van der Waals surface area contributed by atoms with E-state index in [2.05, 4.69) is 27.6 Å². The summed E-state index contributed by atoms with van der Waals surface area (Å²) >= 11 is 7.23. The first kappa shape index (κ1) is 20.0. The number of amides is 1. The molecule has 6 nitrogen and oxygen atoms in total. The van der Waals surface area contributed by atoms with Crippen LogP contribution in [0.1, 0.15) is 11.1 Å². The summed E-state index contributed by atoms with van der Waals surface area (Å²) in [6, 6.07) is 15.3. The molecule has 1 amide bonds. The van der Waals surface area contributed by atoms with Gasteiger partial charge in [-0.1, -0.05) is 59.8 Å². The van der Waals surface area contributed by atoms with Gasteiger partial charge in [-0.15, -0.1) is 10.2 Å².